The number of nitrogen functional groups attached to an aromatic ring is 1. The molecule has 0 bridgehead atoms. The number of nitriles is 1. The lowest BCUT2D eigenvalue weighted by molar-refractivity contribution is 0.349. The number of nitrogens with zero attached hydrogens (tertiary/aromatic N) is 2. The van der Waals surface area contributed by atoms with Crippen molar-refractivity contribution in [3.05, 3.63) is 53.7 Å². The van der Waals surface area contributed by atoms with Crippen LogP contribution in [0.5, 0.6) is 17.2 Å². The minimum Gasteiger partial charge on any atom is -0.496 e. The Morgan fingerprint density at radius 3 is 2.07 bits per heavy atom. The molecule has 3 aromatic rings. The summed E-state index contributed by atoms with van der Waals surface area (Å²) in [6.45, 7) is 1.87. The summed E-state index contributed by atoms with van der Waals surface area (Å²) < 4.78 is 16.5. The van der Waals surface area contributed by atoms with E-state index in [1.54, 1.807) is 33.5 Å². The topological polar surface area (TPSA) is 90.4 Å². The van der Waals surface area contributed by atoms with Crippen molar-refractivity contribution in [3.8, 4) is 45.6 Å². The lowest BCUT2D eigenvalue weighted by Gasteiger charge is -2.20. The number of hydrogen-bond donors (Lipinski definition) is 1. The number of rotatable bonds is 5. The fraction of sp³-hybridized carbons (Fsp3) is 0.182. The summed E-state index contributed by atoms with van der Waals surface area (Å²) in [5.41, 5.74) is 10.2. The second kappa shape index (κ2) is 7.89. The number of nitrogens with two attached hydrogens (primary N) is 1. The van der Waals surface area contributed by atoms with Crippen molar-refractivity contribution in [2.24, 2.45) is 0 Å². The van der Waals surface area contributed by atoms with E-state index < -0.39 is 0 Å². The van der Waals surface area contributed by atoms with Gasteiger partial charge < -0.3 is 19.9 Å². The summed E-state index contributed by atoms with van der Waals surface area (Å²) in [6, 6.07) is 15.5. The van der Waals surface area contributed by atoms with Crippen LogP contribution in [-0.4, -0.2) is 26.3 Å². The van der Waals surface area contributed by atoms with Gasteiger partial charge in [0.05, 0.1) is 21.3 Å². The number of aromatic nitrogens is 1. The molecule has 0 radical (unpaired) electrons. The maximum absolute atomic E-state index is 9.85. The van der Waals surface area contributed by atoms with Gasteiger partial charge in [-0.2, -0.15) is 5.26 Å². The minimum absolute atomic E-state index is 0.173. The van der Waals surface area contributed by atoms with E-state index >= 15 is 0 Å². The van der Waals surface area contributed by atoms with Crippen molar-refractivity contribution in [2.75, 3.05) is 27.1 Å². The van der Waals surface area contributed by atoms with Gasteiger partial charge in [-0.3, -0.25) is 0 Å². The molecule has 142 valence electrons. The standard InChI is InChI=1S/C22H21N3O3/c1-13-20(14-8-6-5-7-9-14)21(16(12-23)22(24)25-13)15-10-18(27-3)19(28-4)11-17(15)26-2/h5-11H,1-4H3,(H2,24,25). The molecule has 2 N–H and O–H groups in total. The predicted octanol–water partition coefficient (Wildman–Crippen LogP) is 4.20. The molecule has 6 nitrogen and oxygen atoms in total. The van der Waals surface area contributed by atoms with E-state index in [2.05, 4.69) is 11.1 Å². The molecule has 0 saturated carbocycles. The fourth-order valence-corrected chi connectivity index (χ4v) is 3.29. The number of methoxy groups -OCH3 is 3. The van der Waals surface area contributed by atoms with E-state index in [1.807, 2.05) is 37.3 Å². The number of benzene rings is 2. The Bertz CT molecular complexity index is 1060. The Morgan fingerprint density at radius 1 is 0.893 bits per heavy atom. The van der Waals surface area contributed by atoms with Gasteiger partial charge in [-0.25, -0.2) is 4.98 Å². The molecule has 3 rings (SSSR count). The van der Waals surface area contributed by atoms with Gasteiger partial charge in [-0.15, -0.1) is 0 Å². The molecule has 0 aliphatic rings. The van der Waals surface area contributed by atoms with Crippen LogP contribution in [0.15, 0.2) is 42.5 Å². The molecule has 1 aromatic heterocycles. The van der Waals surface area contributed by atoms with Crippen molar-refractivity contribution in [1.82, 2.24) is 4.98 Å². The lowest BCUT2D eigenvalue weighted by atomic mass is 9.89. The molecule has 0 aliphatic carbocycles. The molecule has 0 atom stereocenters. The molecule has 6 heteroatoms. The summed E-state index contributed by atoms with van der Waals surface area (Å²) >= 11 is 0. The number of ether oxygens (including phenoxy) is 3. The maximum atomic E-state index is 9.85. The van der Waals surface area contributed by atoms with Gasteiger partial charge in [-0.05, 0) is 18.6 Å². The molecule has 0 fully saturated rings. The van der Waals surface area contributed by atoms with Crippen LogP contribution in [-0.2, 0) is 0 Å². The van der Waals surface area contributed by atoms with E-state index in [0.717, 1.165) is 16.8 Å². The van der Waals surface area contributed by atoms with Gasteiger partial charge in [0, 0.05) is 28.5 Å². The van der Waals surface area contributed by atoms with E-state index in [1.165, 1.54) is 0 Å². The van der Waals surface area contributed by atoms with Crippen molar-refractivity contribution >= 4 is 5.82 Å². The molecule has 0 unspecified atom stereocenters. The summed E-state index contributed by atoms with van der Waals surface area (Å²) in [7, 11) is 4.68. The summed E-state index contributed by atoms with van der Waals surface area (Å²) in [6.07, 6.45) is 0. The van der Waals surface area contributed by atoms with Crippen molar-refractivity contribution < 1.29 is 14.2 Å². The zero-order valence-corrected chi connectivity index (χ0v) is 16.2. The van der Waals surface area contributed by atoms with E-state index in [4.69, 9.17) is 19.9 Å². The molecular formula is C22H21N3O3. The molecule has 0 amide bonds. The van der Waals surface area contributed by atoms with Crippen molar-refractivity contribution in [2.45, 2.75) is 6.92 Å². The van der Waals surface area contributed by atoms with E-state index in [0.29, 0.717) is 28.4 Å². The zero-order valence-electron chi connectivity index (χ0n) is 16.2. The third-order valence-corrected chi connectivity index (χ3v) is 4.56. The van der Waals surface area contributed by atoms with Gasteiger partial charge in [0.25, 0.3) is 0 Å². The fourth-order valence-electron chi connectivity index (χ4n) is 3.29. The average Bonchev–Trinajstić information content (AvgIpc) is 2.72. The molecular weight excluding hydrogens is 354 g/mol. The van der Waals surface area contributed by atoms with Crippen LogP contribution in [0.25, 0.3) is 22.3 Å². The van der Waals surface area contributed by atoms with Gasteiger partial charge >= 0.3 is 0 Å². The number of pyridine rings is 1. The van der Waals surface area contributed by atoms with Crippen LogP contribution in [0.4, 0.5) is 5.82 Å². The quantitative estimate of drug-likeness (QED) is 0.719. The predicted molar refractivity (Wildman–Crippen MR) is 109 cm³/mol. The molecule has 0 saturated heterocycles. The molecule has 1 heterocycles. The Kier molecular flexibility index (Phi) is 5.37. The Morgan fingerprint density at radius 2 is 1.50 bits per heavy atom. The van der Waals surface area contributed by atoms with Crippen LogP contribution >= 0.6 is 0 Å². The van der Waals surface area contributed by atoms with Gasteiger partial charge in [0.2, 0.25) is 0 Å². The van der Waals surface area contributed by atoms with Gasteiger partial charge in [-0.1, -0.05) is 30.3 Å². The highest BCUT2D eigenvalue weighted by atomic mass is 16.5. The lowest BCUT2D eigenvalue weighted by Crippen LogP contribution is -2.04. The van der Waals surface area contributed by atoms with Crippen molar-refractivity contribution in [3.63, 3.8) is 0 Å². The summed E-state index contributed by atoms with van der Waals surface area (Å²) in [4.78, 5) is 4.40. The van der Waals surface area contributed by atoms with Gasteiger partial charge in [0.1, 0.15) is 23.2 Å². The van der Waals surface area contributed by atoms with Gasteiger partial charge in [0.15, 0.2) is 11.5 Å². The van der Waals surface area contributed by atoms with Crippen LogP contribution < -0.4 is 19.9 Å². The third kappa shape index (κ3) is 3.19. The number of anilines is 1. The molecule has 0 aliphatic heterocycles. The molecule has 28 heavy (non-hydrogen) atoms. The second-order valence-electron chi connectivity index (χ2n) is 6.09. The highest BCUT2D eigenvalue weighted by Gasteiger charge is 2.24. The Hall–Kier alpha value is -3.72. The van der Waals surface area contributed by atoms with E-state index in [9.17, 15) is 5.26 Å². The smallest absolute Gasteiger partial charge is 0.164 e. The first-order chi connectivity index (χ1) is 13.5. The summed E-state index contributed by atoms with van der Waals surface area (Å²) in [5.74, 6) is 1.76. The van der Waals surface area contributed by atoms with Crippen molar-refractivity contribution in [1.29, 1.82) is 5.26 Å². The Balaban J connectivity index is 2.47. The van der Waals surface area contributed by atoms with E-state index in [-0.39, 0.29) is 11.4 Å². The highest BCUT2D eigenvalue weighted by molar-refractivity contribution is 5.93. The van der Waals surface area contributed by atoms with Crippen LogP contribution in [0.3, 0.4) is 0 Å². The first kappa shape index (κ1) is 19.1. The second-order valence-corrected chi connectivity index (χ2v) is 6.09. The maximum Gasteiger partial charge on any atom is 0.164 e. The normalized spacial score (nSPS) is 10.2. The molecule has 2 aromatic carbocycles. The zero-order chi connectivity index (χ0) is 20.3. The number of hydrogen-bond acceptors (Lipinski definition) is 6. The largest absolute Gasteiger partial charge is 0.496 e. The summed E-state index contributed by atoms with van der Waals surface area (Å²) in [5, 5.41) is 9.85. The molecule has 0 spiro atoms. The Labute approximate surface area is 164 Å². The average molecular weight is 375 g/mol. The minimum atomic E-state index is 0.173. The number of aryl methyl sites for hydroxylation is 1. The van der Waals surface area contributed by atoms with Crippen LogP contribution in [0.1, 0.15) is 11.3 Å². The highest BCUT2D eigenvalue weighted by Crippen LogP contribution is 2.46. The first-order valence-electron chi connectivity index (χ1n) is 8.61. The monoisotopic (exact) mass is 375 g/mol. The first-order valence-corrected chi connectivity index (χ1v) is 8.61. The van der Waals surface area contributed by atoms with Crippen LogP contribution in [0.2, 0.25) is 0 Å². The van der Waals surface area contributed by atoms with Crippen LogP contribution in [0, 0.1) is 18.3 Å². The third-order valence-electron chi connectivity index (χ3n) is 4.56. The SMILES string of the molecule is COc1cc(OC)c(-c2c(C#N)c(N)nc(C)c2-c2ccccc2)cc1OC.